The minimum atomic E-state index is 0.156. The molecule has 0 bridgehead atoms. The topological polar surface area (TPSA) is 30.5 Å². The van der Waals surface area contributed by atoms with Crippen LogP contribution < -0.4 is 14.8 Å². The van der Waals surface area contributed by atoms with E-state index in [2.05, 4.69) is 23.7 Å². The van der Waals surface area contributed by atoms with E-state index in [9.17, 15) is 0 Å². The van der Waals surface area contributed by atoms with Crippen LogP contribution in [0.3, 0.4) is 0 Å². The largest absolute Gasteiger partial charge is 0.497 e. The van der Waals surface area contributed by atoms with E-state index < -0.39 is 0 Å². The summed E-state index contributed by atoms with van der Waals surface area (Å²) in [4.78, 5) is 1.32. The standard InChI is InChI=1S/C15H19NO2S/c1-10-5-6-19-15(10)14(16-2)11-7-12(17-3)9-13(8-11)18-4/h5-9,14,16H,1-4H3. The van der Waals surface area contributed by atoms with Gasteiger partial charge in [0.2, 0.25) is 0 Å². The molecule has 0 radical (unpaired) electrons. The van der Waals surface area contributed by atoms with Crippen LogP contribution in [-0.2, 0) is 0 Å². The first-order valence-electron chi connectivity index (χ1n) is 6.13. The number of rotatable bonds is 5. The molecule has 19 heavy (non-hydrogen) atoms. The highest BCUT2D eigenvalue weighted by Crippen LogP contribution is 2.33. The van der Waals surface area contributed by atoms with Crippen molar-refractivity contribution >= 4 is 11.3 Å². The van der Waals surface area contributed by atoms with Crippen LogP contribution in [0.25, 0.3) is 0 Å². The molecule has 0 fully saturated rings. The van der Waals surface area contributed by atoms with Gasteiger partial charge in [0.25, 0.3) is 0 Å². The van der Waals surface area contributed by atoms with Crippen molar-refractivity contribution < 1.29 is 9.47 Å². The molecule has 1 N–H and O–H groups in total. The molecule has 1 heterocycles. The van der Waals surface area contributed by atoms with Gasteiger partial charge in [0.15, 0.2) is 0 Å². The molecule has 1 aromatic heterocycles. The number of thiophene rings is 1. The first-order chi connectivity index (χ1) is 9.19. The summed E-state index contributed by atoms with van der Waals surface area (Å²) < 4.78 is 10.7. The van der Waals surface area contributed by atoms with Crippen LogP contribution in [0.2, 0.25) is 0 Å². The average Bonchev–Trinajstić information content (AvgIpc) is 2.85. The Morgan fingerprint density at radius 1 is 1.11 bits per heavy atom. The maximum atomic E-state index is 5.34. The van der Waals surface area contributed by atoms with Crippen molar-refractivity contribution in [1.82, 2.24) is 5.32 Å². The molecule has 4 heteroatoms. The second-order valence-corrected chi connectivity index (χ2v) is 5.28. The number of hydrogen-bond donors (Lipinski definition) is 1. The Labute approximate surface area is 118 Å². The molecule has 0 aliphatic rings. The highest BCUT2D eigenvalue weighted by Gasteiger charge is 2.17. The predicted octanol–water partition coefficient (Wildman–Crippen LogP) is 3.38. The van der Waals surface area contributed by atoms with Crippen LogP contribution in [-0.4, -0.2) is 21.3 Å². The minimum Gasteiger partial charge on any atom is -0.497 e. The summed E-state index contributed by atoms with van der Waals surface area (Å²) in [5.41, 5.74) is 2.44. The molecule has 3 nitrogen and oxygen atoms in total. The third kappa shape index (κ3) is 2.91. The summed E-state index contributed by atoms with van der Waals surface area (Å²) in [7, 11) is 5.31. The number of hydrogen-bond acceptors (Lipinski definition) is 4. The van der Waals surface area contributed by atoms with Crippen LogP contribution >= 0.6 is 11.3 Å². The van der Waals surface area contributed by atoms with E-state index in [0.717, 1.165) is 17.1 Å². The van der Waals surface area contributed by atoms with Crippen LogP contribution in [0.1, 0.15) is 22.0 Å². The Balaban J connectivity index is 2.46. The monoisotopic (exact) mass is 277 g/mol. The second kappa shape index (κ2) is 6.08. The highest BCUT2D eigenvalue weighted by molar-refractivity contribution is 7.10. The molecule has 0 aliphatic carbocycles. The lowest BCUT2D eigenvalue weighted by atomic mass is 10.0. The van der Waals surface area contributed by atoms with Crippen LogP contribution in [0.4, 0.5) is 0 Å². The Hall–Kier alpha value is -1.52. The Morgan fingerprint density at radius 2 is 1.74 bits per heavy atom. The summed E-state index contributed by atoms with van der Waals surface area (Å²) in [6.45, 7) is 2.13. The van der Waals surface area contributed by atoms with Crippen LogP contribution in [0.5, 0.6) is 11.5 Å². The summed E-state index contributed by atoms with van der Waals surface area (Å²) >= 11 is 1.76. The van der Waals surface area contributed by atoms with Crippen molar-refractivity contribution in [3.63, 3.8) is 0 Å². The highest BCUT2D eigenvalue weighted by atomic mass is 32.1. The normalized spacial score (nSPS) is 12.2. The number of methoxy groups -OCH3 is 2. The number of ether oxygens (including phenoxy) is 2. The van der Waals surface area contributed by atoms with E-state index >= 15 is 0 Å². The molecule has 0 spiro atoms. The van der Waals surface area contributed by atoms with Crippen molar-refractivity contribution in [2.75, 3.05) is 21.3 Å². The van der Waals surface area contributed by atoms with E-state index in [4.69, 9.17) is 9.47 Å². The maximum absolute atomic E-state index is 5.34. The molecule has 1 unspecified atom stereocenters. The van der Waals surface area contributed by atoms with Gasteiger partial charge in [0.05, 0.1) is 20.3 Å². The van der Waals surface area contributed by atoms with Crippen LogP contribution in [0.15, 0.2) is 29.6 Å². The van der Waals surface area contributed by atoms with Crippen molar-refractivity contribution in [1.29, 1.82) is 0 Å². The first-order valence-corrected chi connectivity index (χ1v) is 7.01. The van der Waals surface area contributed by atoms with E-state index in [0.29, 0.717) is 0 Å². The molecule has 1 atom stereocenters. The van der Waals surface area contributed by atoms with Gasteiger partial charge in [0.1, 0.15) is 11.5 Å². The molecule has 0 saturated heterocycles. The minimum absolute atomic E-state index is 0.156. The van der Waals surface area contributed by atoms with E-state index in [-0.39, 0.29) is 6.04 Å². The molecule has 0 aliphatic heterocycles. The first kappa shape index (κ1) is 13.9. The molecule has 0 amide bonds. The van der Waals surface area contributed by atoms with Gasteiger partial charge < -0.3 is 14.8 Å². The fourth-order valence-electron chi connectivity index (χ4n) is 2.13. The molecule has 0 saturated carbocycles. The third-order valence-corrected chi connectivity index (χ3v) is 4.24. The smallest absolute Gasteiger partial charge is 0.122 e. The maximum Gasteiger partial charge on any atom is 0.122 e. The fourth-order valence-corrected chi connectivity index (χ4v) is 3.19. The lowest BCUT2D eigenvalue weighted by Gasteiger charge is -2.18. The number of aryl methyl sites for hydroxylation is 1. The van der Waals surface area contributed by atoms with Crippen molar-refractivity contribution in [3.05, 3.63) is 45.6 Å². The quantitative estimate of drug-likeness (QED) is 0.909. The van der Waals surface area contributed by atoms with Gasteiger partial charge in [0, 0.05) is 10.9 Å². The van der Waals surface area contributed by atoms with Crippen LogP contribution in [0, 0.1) is 6.92 Å². The molecular weight excluding hydrogens is 258 g/mol. The summed E-state index contributed by atoms with van der Waals surface area (Å²) in [6.07, 6.45) is 0. The van der Waals surface area contributed by atoms with Gasteiger partial charge in [-0.25, -0.2) is 0 Å². The van der Waals surface area contributed by atoms with E-state index in [1.807, 2.05) is 25.2 Å². The van der Waals surface area contributed by atoms with Crippen molar-refractivity contribution in [2.24, 2.45) is 0 Å². The van der Waals surface area contributed by atoms with E-state index in [1.54, 1.807) is 25.6 Å². The lowest BCUT2D eigenvalue weighted by Crippen LogP contribution is -2.17. The summed E-state index contributed by atoms with van der Waals surface area (Å²) in [5.74, 6) is 1.62. The zero-order valence-corrected chi connectivity index (χ0v) is 12.5. The molecule has 2 rings (SSSR count). The Bertz CT molecular complexity index is 529. The molecule has 1 aromatic carbocycles. The zero-order valence-electron chi connectivity index (χ0n) is 11.7. The summed E-state index contributed by atoms with van der Waals surface area (Å²) in [5, 5.41) is 5.48. The van der Waals surface area contributed by atoms with Gasteiger partial charge in [-0.15, -0.1) is 11.3 Å². The molecular formula is C15H19NO2S. The van der Waals surface area contributed by atoms with Gasteiger partial charge in [-0.05, 0) is 48.7 Å². The number of nitrogens with one attached hydrogen (secondary N) is 1. The predicted molar refractivity (Wildman–Crippen MR) is 79.5 cm³/mol. The molecule has 102 valence electrons. The zero-order chi connectivity index (χ0) is 13.8. The van der Waals surface area contributed by atoms with Gasteiger partial charge in [-0.2, -0.15) is 0 Å². The van der Waals surface area contributed by atoms with Crippen molar-refractivity contribution in [3.8, 4) is 11.5 Å². The van der Waals surface area contributed by atoms with Gasteiger partial charge in [-0.3, -0.25) is 0 Å². The van der Waals surface area contributed by atoms with Gasteiger partial charge >= 0.3 is 0 Å². The van der Waals surface area contributed by atoms with Gasteiger partial charge in [-0.1, -0.05) is 0 Å². The SMILES string of the molecule is CNC(c1cc(OC)cc(OC)c1)c1sccc1C. The fraction of sp³-hybridized carbons (Fsp3) is 0.333. The lowest BCUT2D eigenvalue weighted by molar-refractivity contribution is 0.392. The summed E-state index contributed by atoms with van der Waals surface area (Å²) in [6, 6.07) is 8.27. The average molecular weight is 277 g/mol. The number of benzene rings is 1. The Morgan fingerprint density at radius 3 is 2.16 bits per heavy atom. The Kier molecular flexibility index (Phi) is 4.45. The molecule has 2 aromatic rings. The third-order valence-electron chi connectivity index (χ3n) is 3.16. The van der Waals surface area contributed by atoms with Crippen molar-refractivity contribution in [2.45, 2.75) is 13.0 Å². The second-order valence-electron chi connectivity index (χ2n) is 4.34. The van der Waals surface area contributed by atoms with E-state index in [1.165, 1.54) is 10.4 Å².